The van der Waals surface area contributed by atoms with Gasteiger partial charge in [0.15, 0.2) is 11.5 Å². The zero-order valence-electron chi connectivity index (χ0n) is 14.1. The molecule has 0 aliphatic carbocycles. The minimum atomic E-state index is -0.315. The number of furan rings is 1. The van der Waals surface area contributed by atoms with E-state index in [-0.39, 0.29) is 24.2 Å². The molecule has 2 aromatic heterocycles. The lowest BCUT2D eigenvalue weighted by Crippen LogP contribution is -2.34. The maximum absolute atomic E-state index is 12.5. The molecule has 1 amide bonds. The number of nitrogens with one attached hydrogen (secondary N) is 1. The van der Waals surface area contributed by atoms with E-state index in [4.69, 9.17) is 4.42 Å². The van der Waals surface area contributed by atoms with Gasteiger partial charge in [-0.15, -0.1) is 0 Å². The molecule has 0 aliphatic rings. The summed E-state index contributed by atoms with van der Waals surface area (Å²) in [6.45, 7) is 3.63. The standard InChI is InChI=1S/C19H19N3O3/c1-13(11-17(23)18-9-6-10-25-18)21-19(24)16-12-20-22(14(16)2)15-7-4-3-5-8-15/h3-10,12-13H,11H2,1-2H3,(H,21,24). The minimum absolute atomic E-state index is 0.144. The van der Waals surface area contributed by atoms with Gasteiger partial charge in [0.25, 0.3) is 5.91 Å². The molecule has 0 aliphatic heterocycles. The number of Topliss-reactive ketones (excluding diaryl/α,β-unsaturated/α-hetero) is 1. The molecule has 0 spiro atoms. The third-order valence-corrected chi connectivity index (χ3v) is 3.92. The van der Waals surface area contributed by atoms with Crippen LogP contribution >= 0.6 is 0 Å². The van der Waals surface area contributed by atoms with E-state index in [0.717, 1.165) is 11.4 Å². The van der Waals surface area contributed by atoms with Crippen LogP contribution in [0.3, 0.4) is 0 Å². The van der Waals surface area contributed by atoms with Crippen LogP contribution in [0.25, 0.3) is 5.69 Å². The summed E-state index contributed by atoms with van der Waals surface area (Å²) < 4.78 is 6.80. The van der Waals surface area contributed by atoms with Crippen molar-refractivity contribution < 1.29 is 14.0 Å². The molecule has 0 radical (unpaired) electrons. The summed E-state index contributed by atoms with van der Waals surface area (Å²) in [7, 11) is 0. The SMILES string of the molecule is Cc1c(C(=O)NC(C)CC(=O)c2ccco2)cnn1-c1ccccc1. The third-order valence-electron chi connectivity index (χ3n) is 3.92. The Morgan fingerprint density at radius 3 is 2.64 bits per heavy atom. The molecule has 1 atom stereocenters. The van der Waals surface area contributed by atoms with Crippen LogP contribution < -0.4 is 5.32 Å². The molecule has 2 heterocycles. The molecule has 6 nitrogen and oxygen atoms in total. The molecule has 1 unspecified atom stereocenters. The predicted octanol–water partition coefficient (Wildman–Crippen LogP) is 3.17. The molecule has 0 bridgehead atoms. The number of nitrogens with zero attached hydrogens (tertiary/aromatic N) is 2. The van der Waals surface area contributed by atoms with Crippen LogP contribution in [0.1, 0.15) is 40.0 Å². The highest BCUT2D eigenvalue weighted by Gasteiger charge is 2.19. The minimum Gasteiger partial charge on any atom is -0.461 e. The topological polar surface area (TPSA) is 77.1 Å². The first-order valence-corrected chi connectivity index (χ1v) is 8.04. The fourth-order valence-electron chi connectivity index (χ4n) is 2.63. The monoisotopic (exact) mass is 337 g/mol. The molecule has 6 heteroatoms. The maximum atomic E-state index is 12.5. The molecule has 3 aromatic rings. The number of carbonyl (C=O) groups excluding carboxylic acids is 2. The summed E-state index contributed by atoms with van der Waals surface area (Å²) in [5.41, 5.74) is 2.12. The summed E-state index contributed by atoms with van der Waals surface area (Å²) in [4.78, 5) is 24.5. The van der Waals surface area contributed by atoms with E-state index in [0.29, 0.717) is 11.3 Å². The Morgan fingerprint density at radius 2 is 1.96 bits per heavy atom. The lowest BCUT2D eigenvalue weighted by molar-refractivity contribution is 0.0907. The van der Waals surface area contributed by atoms with E-state index in [1.165, 1.54) is 6.26 Å². The lowest BCUT2D eigenvalue weighted by Gasteiger charge is -2.12. The summed E-state index contributed by atoms with van der Waals surface area (Å²) in [6, 6.07) is 12.6. The van der Waals surface area contributed by atoms with Crippen LogP contribution in [0, 0.1) is 6.92 Å². The Kier molecular flexibility index (Phi) is 4.79. The normalized spacial score (nSPS) is 11.9. The second kappa shape index (κ2) is 7.17. The molecule has 3 rings (SSSR count). The predicted molar refractivity (Wildman–Crippen MR) is 92.9 cm³/mol. The van der Waals surface area contributed by atoms with Crippen LogP contribution in [-0.2, 0) is 0 Å². The van der Waals surface area contributed by atoms with Crippen molar-refractivity contribution in [3.8, 4) is 5.69 Å². The molecule has 0 saturated carbocycles. The van der Waals surface area contributed by atoms with E-state index >= 15 is 0 Å². The van der Waals surface area contributed by atoms with Crippen molar-refractivity contribution in [2.75, 3.05) is 0 Å². The van der Waals surface area contributed by atoms with Crippen molar-refractivity contribution in [1.82, 2.24) is 15.1 Å². The van der Waals surface area contributed by atoms with Gasteiger partial charge < -0.3 is 9.73 Å². The second-order valence-electron chi connectivity index (χ2n) is 5.87. The second-order valence-corrected chi connectivity index (χ2v) is 5.87. The number of aromatic nitrogens is 2. The molecule has 0 fully saturated rings. The zero-order chi connectivity index (χ0) is 17.8. The van der Waals surface area contributed by atoms with Gasteiger partial charge in [-0.3, -0.25) is 9.59 Å². The Morgan fingerprint density at radius 1 is 1.20 bits per heavy atom. The number of rotatable bonds is 6. The molecular formula is C19H19N3O3. The van der Waals surface area contributed by atoms with Gasteiger partial charge in [-0.25, -0.2) is 4.68 Å². The van der Waals surface area contributed by atoms with Crippen LogP contribution in [0.4, 0.5) is 0 Å². The van der Waals surface area contributed by atoms with Crippen molar-refractivity contribution in [2.45, 2.75) is 26.3 Å². The molecule has 1 aromatic carbocycles. The fourth-order valence-corrected chi connectivity index (χ4v) is 2.63. The van der Waals surface area contributed by atoms with Gasteiger partial charge >= 0.3 is 0 Å². The van der Waals surface area contributed by atoms with Crippen LogP contribution in [0.2, 0.25) is 0 Å². The third kappa shape index (κ3) is 3.68. The molecule has 25 heavy (non-hydrogen) atoms. The van der Waals surface area contributed by atoms with E-state index in [1.807, 2.05) is 37.3 Å². The van der Waals surface area contributed by atoms with Crippen molar-refractivity contribution in [1.29, 1.82) is 0 Å². The average molecular weight is 337 g/mol. The van der Waals surface area contributed by atoms with Gasteiger partial charge in [-0.05, 0) is 38.1 Å². The van der Waals surface area contributed by atoms with Crippen molar-refractivity contribution in [3.05, 3.63) is 71.9 Å². The number of hydrogen-bond donors (Lipinski definition) is 1. The van der Waals surface area contributed by atoms with Crippen molar-refractivity contribution in [3.63, 3.8) is 0 Å². The van der Waals surface area contributed by atoms with Gasteiger partial charge in [0.05, 0.1) is 29.4 Å². The highest BCUT2D eigenvalue weighted by atomic mass is 16.3. The number of amides is 1. The number of para-hydroxylation sites is 1. The number of hydrogen-bond acceptors (Lipinski definition) is 4. The van der Waals surface area contributed by atoms with Gasteiger partial charge in [0.1, 0.15) is 0 Å². The molecule has 128 valence electrons. The van der Waals surface area contributed by atoms with Crippen molar-refractivity contribution in [2.24, 2.45) is 0 Å². The van der Waals surface area contributed by atoms with E-state index in [2.05, 4.69) is 10.4 Å². The number of carbonyl (C=O) groups is 2. The summed E-state index contributed by atoms with van der Waals surface area (Å²) in [5.74, 6) is -0.0943. The quantitative estimate of drug-likeness (QED) is 0.701. The highest BCUT2D eigenvalue weighted by Crippen LogP contribution is 2.14. The van der Waals surface area contributed by atoms with E-state index in [9.17, 15) is 9.59 Å². The van der Waals surface area contributed by atoms with Gasteiger partial charge in [0.2, 0.25) is 0 Å². The summed E-state index contributed by atoms with van der Waals surface area (Å²) in [5, 5.41) is 7.13. The Balaban J connectivity index is 1.67. The molecule has 1 N–H and O–H groups in total. The zero-order valence-corrected chi connectivity index (χ0v) is 14.1. The lowest BCUT2D eigenvalue weighted by atomic mass is 10.1. The highest BCUT2D eigenvalue weighted by molar-refractivity contribution is 5.97. The summed E-state index contributed by atoms with van der Waals surface area (Å²) >= 11 is 0. The van der Waals surface area contributed by atoms with E-state index in [1.54, 1.807) is 29.9 Å². The van der Waals surface area contributed by atoms with Crippen LogP contribution in [0.5, 0.6) is 0 Å². The first-order chi connectivity index (χ1) is 12.1. The Hall–Kier alpha value is -3.15. The number of benzene rings is 1. The van der Waals surface area contributed by atoms with Gasteiger partial charge in [0, 0.05) is 12.5 Å². The van der Waals surface area contributed by atoms with E-state index < -0.39 is 0 Å². The Labute approximate surface area is 145 Å². The number of ketones is 1. The summed E-state index contributed by atoms with van der Waals surface area (Å²) in [6.07, 6.45) is 3.17. The smallest absolute Gasteiger partial charge is 0.254 e. The molecular weight excluding hydrogens is 318 g/mol. The fraction of sp³-hybridized carbons (Fsp3) is 0.211. The first-order valence-electron chi connectivity index (χ1n) is 8.04. The van der Waals surface area contributed by atoms with Gasteiger partial charge in [-0.2, -0.15) is 5.10 Å². The van der Waals surface area contributed by atoms with Crippen molar-refractivity contribution >= 4 is 11.7 Å². The van der Waals surface area contributed by atoms with Crippen LogP contribution in [-0.4, -0.2) is 27.5 Å². The maximum Gasteiger partial charge on any atom is 0.254 e. The largest absolute Gasteiger partial charge is 0.461 e. The molecule has 0 saturated heterocycles. The van der Waals surface area contributed by atoms with Crippen LogP contribution in [0.15, 0.2) is 59.3 Å². The average Bonchev–Trinajstić information content (AvgIpc) is 3.25. The first kappa shape index (κ1) is 16.7. The van der Waals surface area contributed by atoms with Gasteiger partial charge in [-0.1, -0.05) is 18.2 Å². The Bertz CT molecular complexity index is 867.